The molecule has 2 unspecified atom stereocenters. The molecule has 0 bridgehead atoms. The number of ether oxygens (including phenoxy) is 1. The van der Waals surface area contributed by atoms with Crippen LogP contribution in [0, 0.1) is 5.92 Å². The predicted octanol–water partition coefficient (Wildman–Crippen LogP) is 2.63. The smallest absolute Gasteiger partial charge is 0.275 e. The second-order valence-electron chi connectivity index (χ2n) is 5.58. The van der Waals surface area contributed by atoms with E-state index < -0.39 is 15.4 Å². The maximum absolute atomic E-state index is 11.7. The summed E-state index contributed by atoms with van der Waals surface area (Å²) < 4.78 is 38.3. The van der Waals surface area contributed by atoms with Crippen LogP contribution >= 0.6 is 0 Å². The lowest BCUT2D eigenvalue weighted by Gasteiger charge is -2.37. The van der Waals surface area contributed by atoms with Gasteiger partial charge in [-0.15, -0.1) is 0 Å². The van der Waals surface area contributed by atoms with Gasteiger partial charge in [-0.1, -0.05) is 42.5 Å². The van der Waals surface area contributed by atoms with E-state index in [4.69, 9.17) is 4.74 Å². The van der Waals surface area contributed by atoms with E-state index in [0.29, 0.717) is 5.57 Å². The Kier molecular flexibility index (Phi) is 2.74. The van der Waals surface area contributed by atoms with E-state index in [2.05, 4.69) is 0 Å². The molecule has 5 heteroatoms. The van der Waals surface area contributed by atoms with Gasteiger partial charge in [0.2, 0.25) is 0 Å². The molecule has 0 aliphatic heterocycles. The summed E-state index contributed by atoms with van der Waals surface area (Å²) in [6, 6.07) is 0. The Morgan fingerprint density at radius 3 is 2.55 bits per heavy atom. The van der Waals surface area contributed by atoms with Crippen molar-refractivity contribution in [3.8, 4) is 0 Å². The highest BCUT2D eigenvalue weighted by atomic mass is 32.2. The van der Waals surface area contributed by atoms with Gasteiger partial charge < -0.3 is 4.74 Å². The van der Waals surface area contributed by atoms with Crippen LogP contribution in [0.5, 0.6) is 0 Å². The molecule has 0 radical (unpaired) electrons. The van der Waals surface area contributed by atoms with Crippen molar-refractivity contribution in [1.29, 1.82) is 0 Å². The van der Waals surface area contributed by atoms with Crippen molar-refractivity contribution in [1.82, 2.24) is 0 Å². The van der Waals surface area contributed by atoms with Crippen LogP contribution in [0.3, 0.4) is 0 Å². The van der Waals surface area contributed by atoms with Crippen LogP contribution in [0.25, 0.3) is 0 Å². The van der Waals surface area contributed by atoms with Gasteiger partial charge in [-0.25, -0.2) is 0 Å². The van der Waals surface area contributed by atoms with Gasteiger partial charge in [0.05, 0.1) is 7.11 Å². The van der Waals surface area contributed by atoms with Crippen LogP contribution in [0.4, 0.5) is 0 Å². The van der Waals surface area contributed by atoms with E-state index in [1.165, 1.54) is 6.08 Å². The molecule has 4 aliphatic carbocycles. The minimum atomic E-state index is -4.18. The molecule has 0 saturated carbocycles. The zero-order valence-electron chi connectivity index (χ0n) is 11.9. The molecule has 0 heterocycles. The molecule has 0 amide bonds. The van der Waals surface area contributed by atoms with Gasteiger partial charge in [-0.05, 0) is 28.4 Å². The van der Waals surface area contributed by atoms with Crippen LogP contribution in [-0.2, 0) is 14.9 Å². The average Bonchev–Trinajstić information content (AvgIpc) is 2.51. The number of rotatable bonds is 2. The third kappa shape index (κ3) is 1.76. The predicted molar refractivity (Wildman–Crippen MR) is 83.5 cm³/mol. The molecule has 0 saturated heterocycles. The van der Waals surface area contributed by atoms with E-state index in [1.807, 2.05) is 30.4 Å². The fourth-order valence-electron chi connectivity index (χ4n) is 3.52. The largest absolute Gasteiger partial charge is 0.496 e. The van der Waals surface area contributed by atoms with E-state index in [9.17, 15) is 13.0 Å². The Labute approximate surface area is 128 Å². The molecule has 0 spiro atoms. The SMILES string of the molecule is COC1=C2C=CC3=C4C(=CC=C(C=C1)C24)C=CC3S(=O)(=O)O. The first-order valence-corrected chi connectivity index (χ1v) is 8.46. The normalized spacial score (nSPS) is 28.5. The molecular formula is C17H14O4S. The molecule has 1 N–H and O–H groups in total. The highest BCUT2D eigenvalue weighted by Gasteiger charge is 2.39. The summed E-state index contributed by atoms with van der Waals surface area (Å²) in [6.45, 7) is 0. The van der Waals surface area contributed by atoms with Crippen molar-refractivity contribution in [2.45, 2.75) is 5.25 Å². The topological polar surface area (TPSA) is 63.6 Å². The van der Waals surface area contributed by atoms with E-state index in [1.54, 1.807) is 19.3 Å². The molecule has 112 valence electrons. The second-order valence-corrected chi connectivity index (χ2v) is 7.11. The van der Waals surface area contributed by atoms with Crippen LogP contribution < -0.4 is 0 Å². The minimum absolute atomic E-state index is 0.0332. The van der Waals surface area contributed by atoms with Crippen molar-refractivity contribution < 1.29 is 17.7 Å². The van der Waals surface area contributed by atoms with E-state index in [-0.39, 0.29) is 5.92 Å². The maximum atomic E-state index is 11.7. The summed E-state index contributed by atoms with van der Waals surface area (Å²) in [4.78, 5) is 0. The van der Waals surface area contributed by atoms with Crippen LogP contribution in [0.2, 0.25) is 0 Å². The standard InChI is InChI=1S/C17H14O4S/c1-21-14-8-4-10-2-3-11-5-9-15(22(18,19)20)13-7-6-12(14)16(10)17(11)13/h2-9,15-16H,1H3,(H,18,19,20). The molecule has 4 nitrogen and oxygen atoms in total. The number of methoxy groups -OCH3 is 1. The summed E-state index contributed by atoms with van der Waals surface area (Å²) in [6.07, 6.45) is 14.9. The highest BCUT2D eigenvalue weighted by molar-refractivity contribution is 7.86. The summed E-state index contributed by atoms with van der Waals surface area (Å²) in [5.41, 5.74) is 4.68. The average molecular weight is 314 g/mol. The van der Waals surface area contributed by atoms with Crippen molar-refractivity contribution in [2.75, 3.05) is 7.11 Å². The third-order valence-corrected chi connectivity index (χ3v) is 5.52. The Morgan fingerprint density at radius 1 is 1.05 bits per heavy atom. The van der Waals surface area contributed by atoms with Gasteiger partial charge in [0.1, 0.15) is 11.0 Å². The van der Waals surface area contributed by atoms with Gasteiger partial charge in [0, 0.05) is 11.5 Å². The minimum Gasteiger partial charge on any atom is -0.496 e. The lowest BCUT2D eigenvalue weighted by molar-refractivity contribution is 0.299. The second kappa shape index (κ2) is 4.44. The van der Waals surface area contributed by atoms with Crippen molar-refractivity contribution in [3.63, 3.8) is 0 Å². The monoisotopic (exact) mass is 314 g/mol. The molecule has 4 rings (SSSR count). The van der Waals surface area contributed by atoms with Gasteiger partial charge >= 0.3 is 0 Å². The van der Waals surface area contributed by atoms with Crippen molar-refractivity contribution >= 4 is 10.1 Å². The summed E-state index contributed by atoms with van der Waals surface area (Å²) in [5.74, 6) is 0.748. The Hall–Kier alpha value is -2.11. The van der Waals surface area contributed by atoms with Gasteiger partial charge in [0.25, 0.3) is 10.1 Å². The molecule has 0 aromatic rings. The fraction of sp³-hybridized carbons (Fsp3) is 0.176. The maximum Gasteiger partial charge on any atom is 0.275 e. The molecule has 4 aliphatic rings. The molecule has 22 heavy (non-hydrogen) atoms. The van der Waals surface area contributed by atoms with Crippen molar-refractivity contribution in [3.05, 3.63) is 82.2 Å². The summed E-state index contributed by atoms with van der Waals surface area (Å²) in [7, 11) is -2.55. The number of hydrogen-bond donors (Lipinski definition) is 1. The quantitative estimate of drug-likeness (QED) is 0.796. The molecule has 0 aromatic carbocycles. The van der Waals surface area contributed by atoms with E-state index >= 15 is 0 Å². The van der Waals surface area contributed by atoms with Gasteiger partial charge in [-0.2, -0.15) is 8.42 Å². The lowest BCUT2D eigenvalue weighted by atomic mass is 9.69. The Morgan fingerprint density at radius 2 is 1.82 bits per heavy atom. The lowest BCUT2D eigenvalue weighted by Crippen LogP contribution is -2.30. The summed E-state index contributed by atoms with van der Waals surface area (Å²) in [5, 5.41) is -1.01. The summed E-state index contributed by atoms with van der Waals surface area (Å²) >= 11 is 0. The zero-order valence-corrected chi connectivity index (χ0v) is 12.7. The van der Waals surface area contributed by atoms with Gasteiger partial charge in [-0.3, -0.25) is 4.55 Å². The molecular weight excluding hydrogens is 300 g/mol. The first kappa shape index (κ1) is 13.5. The number of hydrogen-bond acceptors (Lipinski definition) is 3. The van der Waals surface area contributed by atoms with Crippen LogP contribution in [-0.4, -0.2) is 25.3 Å². The highest BCUT2D eigenvalue weighted by Crippen LogP contribution is 2.48. The van der Waals surface area contributed by atoms with Crippen LogP contribution in [0.1, 0.15) is 0 Å². The Balaban J connectivity index is 1.98. The first-order chi connectivity index (χ1) is 10.5. The zero-order chi connectivity index (χ0) is 15.5. The molecule has 0 fully saturated rings. The molecule has 0 aromatic heterocycles. The fourth-order valence-corrected chi connectivity index (χ4v) is 4.32. The van der Waals surface area contributed by atoms with E-state index in [0.717, 1.165) is 28.1 Å². The first-order valence-electron chi connectivity index (χ1n) is 6.96. The molecule has 2 atom stereocenters. The number of allylic oxidation sites excluding steroid dienone is 11. The van der Waals surface area contributed by atoms with Crippen molar-refractivity contribution in [2.24, 2.45) is 5.92 Å². The Bertz CT molecular complexity index is 889. The van der Waals surface area contributed by atoms with Crippen LogP contribution in [0.15, 0.2) is 82.2 Å². The third-order valence-electron chi connectivity index (χ3n) is 4.46. The van der Waals surface area contributed by atoms with Gasteiger partial charge in [0.15, 0.2) is 0 Å².